The zero-order chi connectivity index (χ0) is 12.6. The van der Waals surface area contributed by atoms with Crippen molar-refractivity contribution in [3.05, 3.63) is 6.92 Å². The van der Waals surface area contributed by atoms with E-state index in [1.54, 1.807) is 0 Å². The lowest BCUT2D eigenvalue weighted by Crippen LogP contribution is -1.84. The van der Waals surface area contributed by atoms with Crippen molar-refractivity contribution >= 4 is 0 Å². The van der Waals surface area contributed by atoms with Crippen LogP contribution in [0.2, 0.25) is 0 Å². The Morgan fingerprint density at radius 2 is 0.765 bits per heavy atom. The van der Waals surface area contributed by atoms with Gasteiger partial charge in [0.25, 0.3) is 0 Å². The van der Waals surface area contributed by atoms with E-state index in [4.69, 9.17) is 5.11 Å². The van der Waals surface area contributed by atoms with Crippen molar-refractivity contribution in [2.45, 2.75) is 89.9 Å². The van der Waals surface area contributed by atoms with Crippen LogP contribution >= 0.6 is 0 Å². The van der Waals surface area contributed by atoms with E-state index in [0.29, 0.717) is 6.61 Å². The molecule has 0 aromatic heterocycles. The molecule has 0 radical (unpaired) electrons. The van der Waals surface area contributed by atoms with Gasteiger partial charge in [0, 0.05) is 6.61 Å². The number of rotatable bonds is 14. The molecule has 0 bridgehead atoms. The van der Waals surface area contributed by atoms with E-state index in [1.807, 2.05) is 0 Å². The van der Waals surface area contributed by atoms with Gasteiger partial charge in [0.1, 0.15) is 0 Å². The Kier molecular flexibility index (Phi) is 15.9. The highest BCUT2D eigenvalue weighted by atomic mass is 16.2. The maximum absolute atomic E-state index is 8.64. The maximum Gasteiger partial charge on any atom is 0.0431 e. The van der Waals surface area contributed by atoms with Gasteiger partial charge in [-0.25, -0.2) is 0 Å². The first-order chi connectivity index (χ1) is 8.41. The molecular formula is C16H33O-. The summed E-state index contributed by atoms with van der Waals surface area (Å²) in [6.07, 6.45) is 18.6. The zero-order valence-electron chi connectivity index (χ0n) is 11.8. The van der Waals surface area contributed by atoms with Crippen LogP contribution in [0, 0.1) is 6.92 Å². The predicted octanol–water partition coefficient (Wildman–Crippen LogP) is 5.27. The molecule has 0 heterocycles. The van der Waals surface area contributed by atoms with Gasteiger partial charge >= 0.3 is 0 Å². The van der Waals surface area contributed by atoms with E-state index in [2.05, 4.69) is 6.92 Å². The SMILES string of the molecule is [CH2-]CCCCCCCCCCCCCCCO. The van der Waals surface area contributed by atoms with Gasteiger partial charge in [-0.05, 0) is 6.42 Å². The lowest BCUT2D eigenvalue weighted by atomic mass is 10.0. The molecule has 0 rings (SSSR count). The highest BCUT2D eigenvalue weighted by Crippen LogP contribution is 2.12. The van der Waals surface area contributed by atoms with Crippen molar-refractivity contribution in [2.75, 3.05) is 6.61 Å². The predicted molar refractivity (Wildman–Crippen MR) is 77.1 cm³/mol. The highest BCUT2D eigenvalue weighted by molar-refractivity contribution is 4.49. The van der Waals surface area contributed by atoms with Crippen molar-refractivity contribution < 1.29 is 5.11 Å². The van der Waals surface area contributed by atoms with Crippen LogP contribution < -0.4 is 0 Å². The Balaban J connectivity index is 2.85. The largest absolute Gasteiger partial charge is 0.396 e. The fourth-order valence-corrected chi connectivity index (χ4v) is 2.23. The third-order valence-corrected chi connectivity index (χ3v) is 3.41. The smallest absolute Gasteiger partial charge is 0.0431 e. The van der Waals surface area contributed by atoms with Crippen LogP contribution in [0.4, 0.5) is 0 Å². The lowest BCUT2D eigenvalue weighted by molar-refractivity contribution is 0.282. The third-order valence-electron chi connectivity index (χ3n) is 3.41. The fraction of sp³-hybridized carbons (Fsp3) is 0.938. The van der Waals surface area contributed by atoms with Crippen LogP contribution in [0.25, 0.3) is 0 Å². The van der Waals surface area contributed by atoms with Crippen LogP contribution in [0.15, 0.2) is 0 Å². The van der Waals surface area contributed by atoms with Gasteiger partial charge in [-0.1, -0.05) is 77.0 Å². The van der Waals surface area contributed by atoms with Gasteiger partial charge in [0.15, 0.2) is 0 Å². The summed E-state index contributed by atoms with van der Waals surface area (Å²) >= 11 is 0. The van der Waals surface area contributed by atoms with Crippen molar-refractivity contribution in [1.82, 2.24) is 0 Å². The molecule has 0 unspecified atom stereocenters. The fourth-order valence-electron chi connectivity index (χ4n) is 2.23. The standard InChI is InChI=1S/C16H33O/c1-2-3-4-5-6-7-8-9-10-11-12-13-14-15-16-17/h17H,1-16H2/q-1. The Hall–Kier alpha value is -0.0400. The summed E-state index contributed by atoms with van der Waals surface area (Å²) in [6.45, 7) is 4.24. The van der Waals surface area contributed by atoms with Crippen molar-refractivity contribution in [3.8, 4) is 0 Å². The van der Waals surface area contributed by atoms with Crippen molar-refractivity contribution in [3.63, 3.8) is 0 Å². The van der Waals surface area contributed by atoms with Gasteiger partial charge in [-0.15, -0.1) is 0 Å². The first-order valence-electron chi connectivity index (χ1n) is 7.82. The van der Waals surface area contributed by atoms with E-state index in [9.17, 15) is 0 Å². The molecule has 0 saturated heterocycles. The molecule has 0 fully saturated rings. The molecule has 0 amide bonds. The minimum Gasteiger partial charge on any atom is -0.396 e. The summed E-state index contributed by atoms with van der Waals surface area (Å²) in [6, 6.07) is 0. The second-order valence-corrected chi connectivity index (χ2v) is 5.17. The molecule has 104 valence electrons. The first-order valence-corrected chi connectivity index (χ1v) is 7.82. The Labute approximate surface area is 109 Å². The maximum atomic E-state index is 8.64. The van der Waals surface area contributed by atoms with Gasteiger partial charge in [0.2, 0.25) is 0 Å². The Bertz CT molecular complexity index is 109. The number of aliphatic hydroxyl groups is 1. The first kappa shape index (κ1) is 17.0. The second kappa shape index (κ2) is 16.0. The summed E-state index contributed by atoms with van der Waals surface area (Å²) in [5, 5.41) is 8.64. The molecule has 0 spiro atoms. The molecule has 1 nitrogen and oxygen atoms in total. The lowest BCUT2D eigenvalue weighted by Gasteiger charge is -2.03. The molecule has 1 N–H and O–H groups in total. The molecule has 0 aliphatic carbocycles. The summed E-state index contributed by atoms with van der Waals surface area (Å²) in [5.41, 5.74) is 0. The van der Waals surface area contributed by atoms with Crippen LogP contribution in [0.1, 0.15) is 89.9 Å². The third kappa shape index (κ3) is 16.0. The molecule has 17 heavy (non-hydrogen) atoms. The Morgan fingerprint density at radius 3 is 1.06 bits per heavy atom. The summed E-state index contributed by atoms with van der Waals surface area (Å²) < 4.78 is 0. The van der Waals surface area contributed by atoms with E-state index in [0.717, 1.165) is 12.8 Å². The number of aliphatic hydroxyl groups excluding tert-OH is 1. The average molecular weight is 241 g/mol. The molecule has 0 aliphatic heterocycles. The topological polar surface area (TPSA) is 20.2 Å². The summed E-state index contributed by atoms with van der Waals surface area (Å²) in [5.74, 6) is 0. The van der Waals surface area contributed by atoms with Gasteiger partial charge in [-0.3, -0.25) is 0 Å². The molecule has 0 aromatic carbocycles. The number of unbranched alkanes of at least 4 members (excludes halogenated alkanes) is 13. The quantitative estimate of drug-likeness (QED) is 0.324. The highest BCUT2D eigenvalue weighted by Gasteiger charge is 1.93. The van der Waals surface area contributed by atoms with E-state index in [1.165, 1.54) is 77.0 Å². The zero-order valence-corrected chi connectivity index (χ0v) is 11.8. The molecule has 1 heteroatoms. The second-order valence-electron chi connectivity index (χ2n) is 5.17. The molecule has 0 aliphatic rings. The normalized spacial score (nSPS) is 10.9. The molecular weight excluding hydrogens is 208 g/mol. The van der Waals surface area contributed by atoms with Crippen molar-refractivity contribution in [2.24, 2.45) is 0 Å². The molecule has 0 aromatic rings. The van der Waals surface area contributed by atoms with E-state index < -0.39 is 0 Å². The minimum atomic E-state index is 0.369. The van der Waals surface area contributed by atoms with Crippen LogP contribution in [0.5, 0.6) is 0 Å². The van der Waals surface area contributed by atoms with Gasteiger partial charge in [-0.2, -0.15) is 6.42 Å². The summed E-state index contributed by atoms with van der Waals surface area (Å²) in [4.78, 5) is 0. The van der Waals surface area contributed by atoms with Gasteiger partial charge in [0.05, 0.1) is 0 Å². The van der Waals surface area contributed by atoms with Crippen molar-refractivity contribution in [1.29, 1.82) is 0 Å². The Morgan fingerprint density at radius 1 is 0.471 bits per heavy atom. The number of hydrogen-bond donors (Lipinski definition) is 1. The van der Waals surface area contributed by atoms with E-state index >= 15 is 0 Å². The average Bonchev–Trinajstić information content (AvgIpc) is 2.35. The van der Waals surface area contributed by atoms with Crippen LogP contribution in [-0.2, 0) is 0 Å². The monoisotopic (exact) mass is 241 g/mol. The van der Waals surface area contributed by atoms with E-state index in [-0.39, 0.29) is 0 Å². The summed E-state index contributed by atoms with van der Waals surface area (Å²) in [7, 11) is 0. The van der Waals surface area contributed by atoms with Crippen LogP contribution in [-0.4, -0.2) is 11.7 Å². The number of hydrogen-bond acceptors (Lipinski definition) is 1. The minimum absolute atomic E-state index is 0.369. The van der Waals surface area contributed by atoms with Crippen LogP contribution in [0.3, 0.4) is 0 Å². The molecule has 0 saturated carbocycles. The molecule has 0 atom stereocenters. The van der Waals surface area contributed by atoms with Gasteiger partial charge < -0.3 is 12.0 Å².